The van der Waals surface area contributed by atoms with Crippen LogP contribution in [-0.4, -0.2) is 30.3 Å². The highest BCUT2D eigenvalue weighted by Crippen LogP contribution is 2.12. The maximum Gasteiger partial charge on any atom is 0.232 e. The molecule has 1 aromatic heterocycles. The van der Waals surface area contributed by atoms with Crippen molar-refractivity contribution in [3.05, 3.63) is 30.5 Å². The molecule has 0 N–H and O–H groups in total. The van der Waals surface area contributed by atoms with E-state index in [0.717, 1.165) is 11.0 Å². The van der Waals surface area contributed by atoms with E-state index in [2.05, 4.69) is 9.97 Å². The van der Waals surface area contributed by atoms with Gasteiger partial charge in [0.1, 0.15) is 6.61 Å². The Hall–Kier alpha value is -1.68. The van der Waals surface area contributed by atoms with Crippen molar-refractivity contribution in [3.8, 4) is 5.88 Å². The first-order chi connectivity index (χ1) is 7.40. The van der Waals surface area contributed by atoms with Gasteiger partial charge in [-0.15, -0.1) is 0 Å². The second-order valence-corrected chi connectivity index (χ2v) is 3.04. The van der Waals surface area contributed by atoms with E-state index < -0.39 is 0 Å². The van der Waals surface area contributed by atoms with E-state index in [1.165, 1.54) is 0 Å². The summed E-state index contributed by atoms with van der Waals surface area (Å²) >= 11 is 0. The van der Waals surface area contributed by atoms with Crippen LogP contribution in [0.15, 0.2) is 30.5 Å². The molecule has 0 radical (unpaired) electrons. The van der Waals surface area contributed by atoms with Crippen LogP contribution in [0.2, 0.25) is 0 Å². The lowest BCUT2D eigenvalue weighted by Gasteiger charge is -2.04. The van der Waals surface area contributed by atoms with Crippen molar-refractivity contribution in [2.45, 2.75) is 0 Å². The number of hydrogen-bond acceptors (Lipinski definition) is 4. The van der Waals surface area contributed by atoms with Crippen LogP contribution in [0, 0.1) is 0 Å². The minimum Gasteiger partial charge on any atom is -0.474 e. The van der Waals surface area contributed by atoms with Gasteiger partial charge in [-0.25, -0.2) is 9.97 Å². The monoisotopic (exact) mass is 204 g/mol. The zero-order valence-corrected chi connectivity index (χ0v) is 8.51. The normalized spacial score (nSPS) is 10.5. The van der Waals surface area contributed by atoms with Gasteiger partial charge < -0.3 is 9.47 Å². The molecule has 0 bridgehead atoms. The second-order valence-electron chi connectivity index (χ2n) is 3.04. The summed E-state index contributed by atoms with van der Waals surface area (Å²) in [5.41, 5.74) is 1.71. The van der Waals surface area contributed by atoms with Crippen molar-refractivity contribution in [2.75, 3.05) is 20.3 Å². The fourth-order valence-electron chi connectivity index (χ4n) is 1.24. The predicted octanol–water partition coefficient (Wildman–Crippen LogP) is 1.66. The Morgan fingerprint density at radius 3 is 2.73 bits per heavy atom. The summed E-state index contributed by atoms with van der Waals surface area (Å²) in [6, 6.07) is 7.69. The zero-order chi connectivity index (χ0) is 10.5. The lowest BCUT2D eigenvalue weighted by molar-refractivity contribution is 0.143. The van der Waals surface area contributed by atoms with Gasteiger partial charge >= 0.3 is 0 Å². The van der Waals surface area contributed by atoms with E-state index >= 15 is 0 Å². The number of benzene rings is 1. The molecule has 2 aromatic rings. The summed E-state index contributed by atoms with van der Waals surface area (Å²) in [6.45, 7) is 1.04. The molecule has 4 heteroatoms. The molecule has 78 valence electrons. The van der Waals surface area contributed by atoms with Gasteiger partial charge in [0.25, 0.3) is 0 Å². The van der Waals surface area contributed by atoms with Crippen molar-refractivity contribution in [1.82, 2.24) is 9.97 Å². The Kier molecular flexibility index (Phi) is 3.09. The van der Waals surface area contributed by atoms with Crippen molar-refractivity contribution >= 4 is 11.0 Å². The Morgan fingerprint density at radius 1 is 1.13 bits per heavy atom. The molecule has 0 atom stereocenters. The van der Waals surface area contributed by atoms with Crippen molar-refractivity contribution in [2.24, 2.45) is 0 Å². The van der Waals surface area contributed by atoms with Gasteiger partial charge in [0, 0.05) is 7.11 Å². The minimum atomic E-state index is 0.490. The van der Waals surface area contributed by atoms with Gasteiger partial charge in [-0.3, -0.25) is 0 Å². The molecule has 0 spiro atoms. The van der Waals surface area contributed by atoms with Gasteiger partial charge in [-0.1, -0.05) is 12.1 Å². The summed E-state index contributed by atoms with van der Waals surface area (Å²) in [4.78, 5) is 8.54. The molecule has 0 amide bonds. The van der Waals surface area contributed by atoms with Gasteiger partial charge in [-0.2, -0.15) is 0 Å². The van der Waals surface area contributed by atoms with Crippen molar-refractivity contribution < 1.29 is 9.47 Å². The molecule has 1 heterocycles. The molecule has 0 unspecified atom stereocenters. The molecule has 0 fully saturated rings. The standard InChI is InChI=1S/C11H12N2O2/c1-14-6-7-15-11-8-12-9-4-2-3-5-10(9)13-11/h2-5,8H,6-7H2,1H3. The first-order valence-electron chi connectivity index (χ1n) is 4.73. The first kappa shape index (κ1) is 9.86. The molecule has 0 saturated heterocycles. The number of fused-ring (bicyclic) bond motifs is 1. The molecule has 0 aliphatic heterocycles. The second kappa shape index (κ2) is 4.70. The van der Waals surface area contributed by atoms with E-state index in [4.69, 9.17) is 9.47 Å². The Labute approximate surface area is 87.9 Å². The highest BCUT2D eigenvalue weighted by Gasteiger charge is 1.99. The van der Waals surface area contributed by atoms with Crippen LogP contribution >= 0.6 is 0 Å². The van der Waals surface area contributed by atoms with Gasteiger partial charge in [-0.05, 0) is 12.1 Å². The number of rotatable bonds is 4. The number of hydrogen-bond donors (Lipinski definition) is 0. The van der Waals surface area contributed by atoms with Crippen LogP contribution in [0.5, 0.6) is 5.88 Å². The van der Waals surface area contributed by atoms with Crippen LogP contribution in [-0.2, 0) is 4.74 Å². The summed E-state index contributed by atoms with van der Waals surface area (Å²) < 4.78 is 10.2. The van der Waals surface area contributed by atoms with Crippen LogP contribution in [0.25, 0.3) is 11.0 Å². The van der Waals surface area contributed by atoms with Gasteiger partial charge in [0.15, 0.2) is 0 Å². The fourth-order valence-corrected chi connectivity index (χ4v) is 1.24. The summed E-state index contributed by atoms with van der Waals surface area (Å²) in [5, 5.41) is 0. The summed E-state index contributed by atoms with van der Waals surface area (Å²) in [5.74, 6) is 0.533. The number of ether oxygens (including phenoxy) is 2. The summed E-state index contributed by atoms with van der Waals surface area (Å²) in [6.07, 6.45) is 1.62. The topological polar surface area (TPSA) is 44.2 Å². The maximum absolute atomic E-state index is 5.36. The molecular weight excluding hydrogens is 192 g/mol. The maximum atomic E-state index is 5.36. The molecular formula is C11H12N2O2. The molecule has 0 aliphatic rings. The quantitative estimate of drug-likeness (QED) is 0.710. The SMILES string of the molecule is COCCOc1cnc2ccccc2n1. The smallest absolute Gasteiger partial charge is 0.232 e. The lowest BCUT2D eigenvalue weighted by atomic mass is 10.3. The van der Waals surface area contributed by atoms with Crippen LogP contribution in [0.3, 0.4) is 0 Å². The number of aromatic nitrogens is 2. The van der Waals surface area contributed by atoms with Crippen LogP contribution in [0.1, 0.15) is 0 Å². The number of methoxy groups -OCH3 is 1. The van der Waals surface area contributed by atoms with Crippen LogP contribution in [0.4, 0.5) is 0 Å². The molecule has 0 saturated carbocycles. The predicted molar refractivity (Wildman–Crippen MR) is 56.9 cm³/mol. The number of para-hydroxylation sites is 2. The van der Waals surface area contributed by atoms with Crippen LogP contribution < -0.4 is 4.74 Å². The largest absolute Gasteiger partial charge is 0.474 e. The lowest BCUT2D eigenvalue weighted by Crippen LogP contribution is -2.05. The average molecular weight is 204 g/mol. The first-order valence-corrected chi connectivity index (χ1v) is 4.73. The minimum absolute atomic E-state index is 0.490. The van der Waals surface area contributed by atoms with Gasteiger partial charge in [0.2, 0.25) is 5.88 Å². The highest BCUT2D eigenvalue weighted by atomic mass is 16.5. The van der Waals surface area contributed by atoms with E-state index in [-0.39, 0.29) is 0 Å². The van der Waals surface area contributed by atoms with E-state index in [0.29, 0.717) is 19.1 Å². The molecule has 4 nitrogen and oxygen atoms in total. The van der Waals surface area contributed by atoms with E-state index in [9.17, 15) is 0 Å². The third-order valence-electron chi connectivity index (χ3n) is 1.96. The summed E-state index contributed by atoms with van der Waals surface area (Å²) in [7, 11) is 1.63. The Morgan fingerprint density at radius 2 is 1.93 bits per heavy atom. The van der Waals surface area contributed by atoms with E-state index in [1.54, 1.807) is 13.3 Å². The van der Waals surface area contributed by atoms with Gasteiger partial charge in [0.05, 0.1) is 23.8 Å². The van der Waals surface area contributed by atoms with Crippen molar-refractivity contribution in [1.29, 1.82) is 0 Å². The zero-order valence-electron chi connectivity index (χ0n) is 8.51. The Bertz CT molecular complexity index is 445. The Balaban J connectivity index is 2.16. The average Bonchev–Trinajstić information content (AvgIpc) is 2.29. The molecule has 1 aromatic carbocycles. The highest BCUT2D eigenvalue weighted by molar-refractivity contribution is 5.73. The molecule has 2 rings (SSSR count). The fraction of sp³-hybridized carbons (Fsp3) is 0.273. The third kappa shape index (κ3) is 2.41. The molecule has 0 aliphatic carbocycles. The molecule has 15 heavy (non-hydrogen) atoms. The number of nitrogens with zero attached hydrogens (tertiary/aromatic N) is 2. The van der Waals surface area contributed by atoms with Crippen molar-refractivity contribution in [3.63, 3.8) is 0 Å². The van der Waals surface area contributed by atoms with E-state index in [1.807, 2.05) is 24.3 Å². The third-order valence-corrected chi connectivity index (χ3v) is 1.96.